The largest absolute Gasteiger partial charge is 0.457 e. The minimum Gasteiger partial charge on any atom is -0.457 e. The highest BCUT2D eigenvalue weighted by atomic mass is 79.9. The van der Waals surface area contributed by atoms with Crippen molar-refractivity contribution in [2.45, 2.75) is 6.54 Å². The third kappa shape index (κ3) is 4.71. The van der Waals surface area contributed by atoms with Gasteiger partial charge in [-0.3, -0.25) is 34.7 Å². The van der Waals surface area contributed by atoms with Crippen molar-refractivity contribution in [1.29, 1.82) is 0 Å². The molecule has 2 heterocycles. The Bertz CT molecular complexity index is 1330. The molecule has 2 amide bonds. The molecular weight excluding hydrogens is 518 g/mol. The van der Waals surface area contributed by atoms with Gasteiger partial charge in [-0.25, -0.2) is 0 Å². The lowest BCUT2D eigenvalue weighted by Crippen LogP contribution is -2.27. The smallest absolute Gasteiger partial charge is 0.293 e. The van der Waals surface area contributed by atoms with E-state index in [4.69, 9.17) is 4.42 Å². The summed E-state index contributed by atoms with van der Waals surface area (Å²) in [6.45, 7) is -0.0147. The van der Waals surface area contributed by atoms with Crippen LogP contribution in [0.5, 0.6) is 0 Å². The molecule has 0 atom stereocenters. The van der Waals surface area contributed by atoms with Crippen LogP contribution in [-0.4, -0.2) is 25.9 Å². The maximum atomic E-state index is 12.7. The van der Waals surface area contributed by atoms with Gasteiger partial charge in [-0.05, 0) is 51.5 Å². The van der Waals surface area contributed by atoms with Gasteiger partial charge in [0, 0.05) is 40.4 Å². The van der Waals surface area contributed by atoms with Gasteiger partial charge in [-0.15, -0.1) is 0 Å². The average Bonchev–Trinajstić information content (AvgIpc) is 3.34. The van der Waals surface area contributed by atoms with E-state index in [0.29, 0.717) is 27.1 Å². The number of imide groups is 1. The van der Waals surface area contributed by atoms with Gasteiger partial charge in [0.2, 0.25) is 0 Å². The van der Waals surface area contributed by atoms with Crippen molar-refractivity contribution in [2.75, 3.05) is 0 Å². The Kier molecular flexibility index (Phi) is 6.11. The number of hydrogen-bond acceptors (Lipinski definition) is 8. The van der Waals surface area contributed by atoms with Crippen molar-refractivity contribution in [3.63, 3.8) is 0 Å². The van der Waals surface area contributed by atoms with Gasteiger partial charge in [0.15, 0.2) is 0 Å². The Hall–Kier alpha value is -3.77. The minimum absolute atomic E-state index is 0.0147. The molecule has 1 saturated heterocycles. The standard InChI is InChI=1S/C21H12BrN3O7S/c22-17-9-14(25(30)31)5-7-16(17)18-8-6-15(32-18)10-19-20(26)23(21(27)33-19)11-12-1-3-13(4-2-12)24(28)29/h1-10H,11H2/b19-10-. The Balaban J connectivity index is 1.52. The van der Waals surface area contributed by atoms with Crippen LogP contribution in [0.1, 0.15) is 11.3 Å². The fourth-order valence-electron chi connectivity index (χ4n) is 3.06. The Morgan fingerprint density at radius 2 is 1.64 bits per heavy atom. The van der Waals surface area contributed by atoms with Crippen molar-refractivity contribution in [2.24, 2.45) is 0 Å². The molecule has 0 N–H and O–H groups in total. The summed E-state index contributed by atoms with van der Waals surface area (Å²) in [6, 6.07) is 13.1. The van der Waals surface area contributed by atoms with Gasteiger partial charge in [-0.2, -0.15) is 0 Å². The number of thioether (sulfide) groups is 1. The summed E-state index contributed by atoms with van der Waals surface area (Å²) in [5, 5.41) is 21.2. The fourth-order valence-corrected chi connectivity index (χ4v) is 4.44. The third-order valence-electron chi connectivity index (χ3n) is 4.69. The minimum atomic E-state index is -0.528. The number of amides is 2. The Labute approximate surface area is 198 Å². The highest BCUT2D eigenvalue weighted by Gasteiger charge is 2.35. The molecule has 0 aliphatic carbocycles. The number of nitrogens with zero attached hydrogens (tertiary/aromatic N) is 3. The van der Waals surface area contributed by atoms with Gasteiger partial charge in [0.1, 0.15) is 11.5 Å². The zero-order valence-corrected chi connectivity index (χ0v) is 18.9. The number of carbonyl (C=O) groups is 2. The molecule has 0 unspecified atom stereocenters. The van der Waals surface area contributed by atoms with Gasteiger partial charge >= 0.3 is 0 Å². The molecule has 12 heteroatoms. The lowest BCUT2D eigenvalue weighted by atomic mass is 10.1. The second kappa shape index (κ2) is 9.00. The average molecular weight is 530 g/mol. The molecule has 0 radical (unpaired) electrons. The molecule has 1 aromatic heterocycles. The predicted octanol–water partition coefficient (Wildman–Crippen LogP) is 5.76. The number of nitro groups is 2. The Morgan fingerprint density at radius 1 is 0.970 bits per heavy atom. The van der Waals surface area contributed by atoms with Crippen molar-refractivity contribution in [1.82, 2.24) is 4.90 Å². The van der Waals surface area contributed by atoms with Crippen molar-refractivity contribution >= 4 is 56.3 Å². The van der Waals surface area contributed by atoms with Crippen LogP contribution in [0.15, 0.2) is 68.4 Å². The predicted molar refractivity (Wildman–Crippen MR) is 123 cm³/mol. The SMILES string of the molecule is O=C1S/C(=C\c2ccc(-c3ccc([N+](=O)[O-])cc3Br)o2)C(=O)N1Cc1ccc([N+](=O)[O-])cc1. The first-order valence-corrected chi connectivity index (χ1v) is 10.9. The number of non-ortho nitro benzene ring substituents is 2. The Morgan fingerprint density at radius 3 is 2.27 bits per heavy atom. The summed E-state index contributed by atoms with van der Waals surface area (Å²) in [4.78, 5) is 46.9. The van der Waals surface area contributed by atoms with Crippen molar-refractivity contribution in [3.8, 4) is 11.3 Å². The topological polar surface area (TPSA) is 137 Å². The molecule has 4 rings (SSSR count). The van der Waals surface area contributed by atoms with Crippen LogP contribution >= 0.6 is 27.7 Å². The monoisotopic (exact) mass is 529 g/mol. The number of benzene rings is 2. The molecule has 1 aliphatic heterocycles. The quantitative estimate of drug-likeness (QED) is 0.223. The lowest BCUT2D eigenvalue weighted by Gasteiger charge is -2.12. The van der Waals surface area contributed by atoms with E-state index in [1.54, 1.807) is 18.2 Å². The van der Waals surface area contributed by atoms with Crippen LogP contribution in [0.4, 0.5) is 16.2 Å². The second-order valence-electron chi connectivity index (χ2n) is 6.81. The molecule has 0 spiro atoms. The van der Waals surface area contributed by atoms with E-state index < -0.39 is 21.0 Å². The highest BCUT2D eigenvalue weighted by molar-refractivity contribution is 9.10. The maximum absolute atomic E-state index is 12.7. The molecule has 0 saturated carbocycles. The fraction of sp³-hybridized carbons (Fsp3) is 0.0476. The molecule has 3 aromatic rings. The third-order valence-corrected chi connectivity index (χ3v) is 6.25. The normalized spacial score (nSPS) is 14.8. The van der Waals surface area contributed by atoms with Gasteiger partial charge in [0.25, 0.3) is 22.5 Å². The zero-order chi connectivity index (χ0) is 23.7. The van der Waals surface area contributed by atoms with Crippen LogP contribution < -0.4 is 0 Å². The molecule has 2 aromatic carbocycles. The number of hydrogen-bond donors (Lipinski definition) is 0. The number of rotatable bonds is 6. The summed E-state index contributed by atoms with van der Waals surface area (Å²) in [5.74, 6) is 0.252. The van der Waals surface area contributed by atoms with E-state index in [2.05, 4.69) is 15.9 Å². The van der Waals surface area contributed by atoms with E-state index in [1.807, 2.05) is 0 Å². The summed E-state index contributed by atoms with van der Waals surface area (Å²) in [5.41, 5.74) is 1.01. The van der Waals surface area contributed by atoms with Crippen molar-refractivity contribution in [3.05, 3.63) is 95.5 Å². The van der Waals surface area contributed by atoms with E-state index >= 15 is 0 Å². The second-order valence-corrected chi connectivity index (χ2v) is 8.66. The van der Waals surface area contributed by atoms with Crippen LogP contribution in [-0.2, 0) is 11.3 Å². The van der Waals surface area contributed by atoms with Gasteiger partial charge < -0.3 is 4.42 Å². The van der Waals surface area contributed by atoms with Crippen LogP contribution in [0.3, 0.4) is 0 Å². The molecule has 33 heavy (non-hydrogen) atoms. The summed E-state index contributed by atoms with van der Waals surface area (Å²) in [6.07, 6.45) is 1.45. The summed E-state index contributed by atoms with van der Waals surface area (Å²) >= 11 is 4.06. The first-order valence-electron chi connectivity index (χ1n) is 9.26. The van der Waals surface area contributed by atoms with Crippen LogP contribution in [0, 0.1) is 20.2 Å². The van der Waals surface area contributed by atoms with Gasteiger partial charge in [0.05, 0.1) is 21.3 Å². The number of carbonyl (C=O) groups excluding carboxylic acids is 2. The van der Waals surface area contributed by atoms with Crippen molar-refractivity contribution < 1.29 is 23.9 Å². The zero-order valence-electron chi connectivity index (χ0n) is 16.5. The highest BCUT2D eigenvalue weighted by Crippen LogP contribution is 2.36. The van der Waals surface area contributed by atoms with E-state index in [9.17, 15) is 29.8 Å². The summed E-state index contributed by atoms with van der Waals surface area (Å²) in [7, 11) is 0. The first-order chi connectivity index (χ1) is 15.7. The van der Waals surface area contributed by atoms with Crippen LogP contribution in [0.25, 0.3) is 17.4 Å². The van der Waals surface area contributed by atoms with E-state index in [-0.39, 0.29) is 22.8 Å². The van der Waals surface area contributed by atoms with E-state index in [0.717, 1.165) is 16.7 Å². The number of nitro benzene ring substituents is 2. The van der Waals surface area contributed by atoms with Gasteiger partial charge in [-0.1, -0.05) is 12.1 Å². The molecule has 10 nitrogen and oxygen atoms in total. The molecular formula is C21H12BrN3O7S. The number of furan rings is 1. The first kappa shape index (κ1) is 22.4. The maximum Gasteiger partial charge on any atom is 0.293 e. The summed E-state index contributed by atoms with van der Waals surface area (Å²) < 4.78 is 6.22. The molecule has 1 aliphatic rings. The lowest BCUT2D eigenvalue weighted by molar-refractivity contribution is -0.385. The molecule has 0 bridgehead atoms. The van der Waals surface area contributed by atoms with Crippen LogP contribution in [0.2, 0.25) is 0 Å². The molecule has 166 valence electrons. The number of halogens is 1. The molecule has 1 fully saturated rings. The van der Waals surface area contributed by atoms with E-state index in [1.165, 1.54) is 42.5 Å².